The number of nitrogens with one attached hydrogen (secondary N) is 2. The Kier molecular flexibility index (Phi) is 11.7. The lowest BCUT2D eigenvalue weighted by atomic mass is 9.90. The molecule has 0 aliphatic carbocycles. The number of aromatic hydroxyl groups is 1. The number of amides is 4. The highest BCUT2D eigenvalue weighted by molar-refractivity contribution is 5.92. The highest BCUT2D eigenvalue weighted by Crippen LogP contribution is 2.31. The van der Waals surface area contributed by atoms with Crippen LogP contribution in [0.3, 0.4) is 0 Å². The zero-order chi connectivity index (χ0) is 35.8. The number of nitrogens with zero attached hydrogens (tertiary/aromatic N) is 1. The first kappa shape index (κ1) is 35.8. The first-order chi connectivity index (χ1) is 24.0. The minimum absolute atomic E-state index is 0.125. The van der Waals surface area contributed by atoms with Gasteiger partial charge in [0.05, 0.1) is 6.04 Å². The summed E-state index contributed by atoms with van der Waals surface area (Å²) >= 11 is 0. The van der Waals surface area contributed by atoms with Gasteiger partial charge in [-0.05, 0) is 84.2 Å². The molecule has 0 aromatic heterocycles. The molecule has 0 spiro atoms. The van der Waals surface area contributed by atoms with Gasteiger partial charge in [0.25, 0.3) is 0 Å². The molecular formula is C40H45N5O5. The van der Waals surface area contributed by atoms with Gasteiger partial charge in [-0.25, -0.2) is 0 Å². The predicted molar refractivity (Wildman–Crippen MR) is 192 cm³/mol. The highest BCUT2D eigenvalue weighted by atomic mass is 16.3. The number of fused-ring (bicyclic) bond motifs is 1. The van der Waals surface area contributed by atoms with Crippen molar-refractivity contribution in [2.24, 2.45) is 11.5 Å². The van der Waals surface area contributed by atoms with E-state index in [1.807, 2.05) is 98.8 Å². The summed E-state index contributed by atoms with van der Waals surface area (Å²) in [6.07, 6.45) is 1.24. The number of carbonyl (C=O) groups excluding carboxylic acids is 4. The Bertz CT molecular complexity index is 1810. The van der Waals surface area contributed by atoms with Crippen molar-refractivity contribution in [1.29, 1.82) is 0 Å². The zero-order valence-corrected chi connectivity index (χ0v) is 28.5. The van der Waals surface area contributed by atoms with Crippen LogP contribution in [0, 0.1) is 13.8 Å². The van der Waals surface area contributed by atoms with Crippen molar-refractivity contribution in [1.82, 2.24) is 15.5 Å². The minimum Gasteiger partial charge on any atom is -0.508 e. The van der Waals surface area contributed by atoms with Crippen LogP contribution in [-0.2, 0) is 44.9 Å². The number of nitrogens with two attached hydrogens (primary N) is 2. The molecule has 0 saturated carbocycles. The fourth-order valence-electron chi connectivity index (χ4n) is 6.80. The number of hydrogen-bond acceptors (Lipinski definition) is 6. The highest BCUT2D eigenvalue weighted by Gasteiger charge is 2.38. The summed E-state index contributed by atoms with van der Waals surface area (Å²) in [6.45, 7) is 4.02. The Morgan fingerprint density at radius 3 is 2.02 bits per heavy atom. The molecule has 50 heavy (non-hydrogen) atoms. The summed E-state index contributed by atoms with van der Waals surface area (Å²) in [4.78, 5) is 55.8. The summed E-state index contributed by atoms with van der Waals surface area (Å²) in [7, 11) is 0. The van der Waals surface area contributed by atoms with Gasteiger partial charge in [-0.1, -0.05) is 84.9 Å². The quantitative estimate of drug-likeness (QED) is 0.146. The lowest BCUT2D eigenvalue weighted by Gasteiger charge is -2.38. The second-order valence-corrected chi connectivity index (χ2v) is 13.1. The number of rotatable bonds is 13. The maximum atomic E-state index is 14.4. The average molecular weight is 676 g/mol. The van der Waals surface area contributed by atoms with E-state index in [0.717, 1.165) is 33.4 Å². The molecule has 4 aromatic rings. The second kappa shape index (κ2) is 16.3. The van der Waals surface area contributed by atoms with E-state index in [1.165, 1.54) is 4.90 Å². The van der Waals surface area contributed by atoms with E-state index in [2.05, 4.69) is 10.6 Å². The van der Waals surface area contributed by atoms with Crippen LogP contribution in [0.5, 0.6) is 5.75 Å². The number of benzene rings is 4. The minimum atomic E-state index is -0.974. The van der Waals surface area contributed by atoms with Crippen LogP contribution in [0.1, 0.15) is 51.4 Å². The summed E-state index contributed by atoms with van der Waals surface area (Å²) in [5, 5.41) is 15.8. The Morgan fingerprint density at radius 1 is 0.820 bits per heavy atom. The molecule has 4 amide bonds. The molecule has 5 rings (SSSR count). The molecule has 1 heterocycles. The lowest BCUT2D eigenvalue weighted by Crippen LogP contribution is -2.54. The summed E-state index contributed by atoms with van der Waals surface area (Å²) in [5.74, 6) is -1.75. The summed E-state index contributed by atoms with van der Waals surface area (Å²) in [5.41, 5.74) is 18.2. The van der Waals surface area contributed by atoms with E-state index in [-0.39, 0.29) is 30.9 Å². The number of primary amides is 1. The normalized spacial score (nSPS) is 15.7. The van der Waals surface area contributed by atoms with Gasteiger partial charge < -0.3 is 32.1 Å². The van der Waals surface area contributed by atoms with E-state index in [9.17, 15) is 24.3 Å². The molecular weight excluding hydrogens is 630 g/mol. The van der Waals surface area contributed by atoms with E-state index in [1.54, 1.807) is 12.1 Å². The van der Waals surface area contributed by atoms with Crippen molar-refractivity contribution in [2.75, 3.05) is 6.54 Å². The standard InChI is InChI=1S/C40H45N5O5/c1-25-19-31(46)20-26(2)33(25)24-34(41)40(50)45-18-17-29-15-9-10-16-32(29)37(45)39(49)43-30(21-27-11-5-3-6-12-27)23-36(47)44-35(38(42)48)22-28-13-7-4-8-14-28/h3-16,19-20,30,34-35,37,46H,17-18,21-24,41H2,1-2H3,(H2,42,48)(H,43,49)(H,44,47)/t30-,34-,35-,37?/m0/s1. The van der Waals surface area contributed by atoms with Crippen LogP contribution < -0.4 is 22.1 Å². The van der Waals surface area contributed by atoms with E-state index in [0.29, 0.717) is 24.9 Å². The maximum absolute atomic E-state index is 14.4. The van der Waals surface area contributed by atoms with Gasteiger partial charge in [-0.3, -0.25) is 19.2 Å². The van der Waals surface area contributed by atoms with Gasteiger partial charge in [0.15, 0.2) is 0 Å². The van der Waals surface area contributed by atoms with Gasteiger partial charge in [0.1, 0.15) is 17.8 Å². The summed E-state index contributed by atoms with van der Waals surface area (Å²) in [6, 6.07) is 26.1. The molecule has 10 nitrogen and oxygen atoms in total. The van der Waals surface area contributed by atoms with Gasteiger partial charge in [-0.2, -0.15) is 0 Å². The third-order valence-electron chi connectivity index (χ3n) is 9.30. The molecule has 0 radical (unpaired) electrons. The SMILES string of the molecule is Cc1cc(O)cc(C)c1C[C@H](N)C(=O)N1CCc2ccccc2C1C(=O)N[C@H](CC(=O)N[C@@H](Cc1ccccc1)C(N)=O)Cc1ccccc1. The van der Waals surface area contributed by atoms with Gasteiger partial charge in [-0.15, -0.1) is 0 Å². The largest absolute Gasteiger partial charge is 0.508 e. The van der Waals surface area contributed by atoms with Crippen molar-refractivity contribution in [3.8, 4) is 5.75 Å². The molecule has 4 aromatic carbocycles. The molecule has 0 saturated heterocycles. The molecule has 1 unspecified atom stereocenters. The molecule has 260 valence electrons. The van der Waals surface area contributed by atoms with Crippen LogP contribution in [0.15, 0.2) is 97.1 Å². The number of hydrogen-bond donors (Lipinski definition) is 5. The van der Waals surface area contributed by atoms with Crippen LogP contribution >= 0.6 is 0 Å². The average Bonchev–Trinajstić information content (AvgIpc) is 3.09. The van der Waals surface area contributed by atoms with Crippen LogP contribution in [0.2, 0.25) is 0 Å². The molecule has 0 bridgehead atoms. The van der Waals surface area contributed by atoms with Gasteiger partial charge in [0, 0.05) is 25.4 Å². The topological polar surface area (TPSA) is 168 Å². The van der Waals surface area contributed by atoms with Crippen LogP contribution in [-0.4, -0.2) is 58.3 Å². The Balaban J connectivity index is 1.38. The Hall–Kier alpha value is -5.48. The van der Waals surface area contributed by atoms with Crippen LogP contribution in [0.4, 0.5) is 0 Å². The Labute approximate surface area is 292 Å². The predicted octanol–water partition coefficient (Wildman–Crippen LogP) is 3.34. The fourth-order valence-corrected chi connectivity index (χ4v) is 6.80. The van der Waals surface area contributed by atoms with Gasteiger partial charge in [0.2, 0.25) is 23.6 Å². The molecule has 1 aliphatic rings. The smallest absolute Gasteiger partial charge is 0.247 e. The fraction of sp³-hybridized carbons (Fsp3) is 0.300. The molecule has 4 atom stereocenters. The van der Waals surface area contributed by atoms with Crippen molar-refractivity contribution in [3.63, 3.8) is 0 Å². The zero-order valence-electron chi connectivity index (χ0n) is 28.5. The Morgan fingerprint density at radius 2 is 1.40 bits per heavy atom. The number of carbonyl (C=O) groups is 4. The molecule has 1 aliphatic heterocycles. The third kappa shape index (κ3) is 8.95. The number of aryl methyl sites for hydroxylation is 2. The van der Waals surface area contributed by atoms with Crippen molar-refractivity contribution in [2.45, 2.75) is 70.1 Å². The van der Waals surface area contributed by atoms with Crippen molar-refractivity contribution >= 4 is 23.6 Å². The monoisotopic (exact) mass is 675 g/mol. The van der Waals surface area contributed by atoms with Crippen molar-refractivity contribution in [3.05, 3.63) is 136 Å². The van der Waals surface area contributed by atoms with Crippen molar-refractivity contribution < 1.29 is 24.3 Å². The van der Waals surface area contributed by atoms with E-state index in [4.69, 9.17) is 11.5 Å². The molecule has 0 fully saturated rings. The molecule has 10 heteroatoms. The second-order valence-electron chi connectivity index (χ2n) is 13.1. The van der Waals surface area contributed by atoms with E-state index >= 15 is 0 Å². The van der Waals surface area contributed by atoms with Crippen LogP contribution in [0.25, 0.3) is 0 Å². The number of phenolic OH excluding ortho intramolecular Hbond substituents is 1. The van der Waals surface area contributed by atoms with Gasteiger partial charge >= 0.3 is 0 Å². The first-order valence-electron chi connectivity index (χ1n) is 16.9. The maximum Gasteiger partial charge on any atom is 0.247 e. The lowest BCUT2D eigenvalue weighted by molar-refractivity contribution is -0.142. The number of phenols is 1. The third-order valence-corrected chi connectivity index (χ3v) is 9.30. The van der Waals surface area contributed by atoms with E-state index < -0.39 is 41.9 Å². The summed E-state index contributed by atoms with van der Waals surface area (Å²) < 4.78 is 0. The first-order valence-corrected chi connectivity index (χ1v) is 16.9. The molecule has 7 N–H and O–H groups in total.